The number of esters is 1. The van der Waals surface area contributed by atoms with E-state index in [1.807, 2.05) is 0 Å². The van der Waals surface area contributed by atoms with E-state index in [0.29, 0.717) is 11.3 Å². The van der Waals surface area contributed by atoms with E-state index in [1.165, 1.54) is 7.11 Å². The summed E-state index contributed by atoms with van der Waals surface area (Å²) < 4.78 is 50.5. The molecule has 0 saturated heterocycles. The molecule has 1 N–H and O–H groups in total. The lowest BCUT2D eigenvalue weighted by Crippen LogP contribution is -2.25. The Balaban J connectivity index is 2.29. The van der Waals surface area contributed by atoms with Gasteiger partial charge in [0, 0.05) is 12.1 Å². The van der Waals surface area contributed by atoms with Gasteiger partial charge in [0.2, 0.25) is 10.0 Å². The van der Waals surface area contributed by atoms with Crippen molar-refractivity contribution in [2.45, 2.75) is 11.4 Å². The molecule has 2 aromatic rings. The highest BCUT2D eigenvalue weighted by Gasteiger charge is 2.21. The summed E-state index contributed by atoms with van der Waals surface area (Å²) in [6, 6.07) is 9.83. The molecular formula is C16H16FNO5S. The van der Waals surface area contributed by atoms with Crippen LogP contribution in [0.1, 0.15) is 15.9 Å². The van der Waals surface area contributed by atoms with Crippen LogP contribution in [0.25, 0.3) is 0 Å². The fourth-order valence-electron chi connectivity index (χ4n) is 2.05. The van der Waals surface area contributed by atoms with Gasteiger partial charge in [-0.05, 0) is 24.3 Å². The van der Waals surface area contributed by atoms with Crippen molar-refractivity contribution in [2.75, 3.05) is 14.2 Å². The summed E-state index contributed by atoms with van der Waals surface area (Å²) in [5.41, 5.74) is 0.532. The Bertz CT molecular complexity index is 851. The molecule has 0 aliphatic carbocycles. The molecule has 0 fully saturated rings. The molecule has 0 aliphatic heterocycles. The van der Waals surface area contributed by atoms with Gasteiger partial charge >= 0.3 is 5.97 Å². The summed E-state index contributed by atoms with van der Waals surface area (Å²) in [6.45, 7) is -0.0890. The van der Waals surface area contributed by atoms with Gasteiger partial charge in [0.1, 0.15) is 16.5 Å². The van der Waals surface area contributed by atoms with Gasteiger partial charge in [-0.3, -0.25) is 0 Å². The van der Waals surface area contributed by atoms with Crippen LogP contribution in [0.3, 0.4) is 0 Å². The zero-order valence-corrected chi connectivity index (χ0v) is 13.9. The monoisotopic (exact) mass is 353 g/mol. The van der Waals surface area contributed by atoms with E-state index in [2.05, 4.69) is 9.46 Å². The highest BCUT2D eigenvalue weighted by atomic mass is 32.2. The Morgan fingerprint density at radius 3 is 2.54 bits per heavy atom. The van der Waals surface area contributed by atoms with Gasteiger partial charge < -0.3 is 9.47 Å². The predicted octanol–water partition coefficient (Wildman–Crippen LogP) is 2.10. The SMILES string of the molecule is COC(=O)c1ccc(F)c(S(=O)(=O)NCc2ccccc2OC)c1. The van der Waals surface area contributed by atoms with Crippen LogP contribution >= 0.6 is 0 Å². The minimum atomic E-state index is -4.17. The van der Waals surface area contributed by atoms with Gasteiger partial charge in [-0.2, -0.15) is 0 Å². The molecule has 0 heterocycles. The van der Waals surface area contributed by atoms with Crippen LogP contribution in [0.4, 0.5) is 4.39 Å². The average molecular weight is 353 g/mol. The third kappa shape index (κ3) is 3.90. The second-order valence-electron chi connectivity index (χ2n) is 4.77. The average Bonchev–Trinajstić information content (AvgIpc) is 2.59. The van der Waals surface area contributed by atoms with E-state index < -0.39 is 26.7 Å². The second kappa shape index (κ2) is 7.41. The Kier molecular flexibility index (Phi) is 5.53. The minimum absolute atomic E-state index is 0.0587. The summed E-state index contributed by atoms with van der Waals surface area (Å²) in [7, 11) is -1.55. The van der Waals surface area contributed by atoms with Gasteiger partial charge in [-0.1, -0.05) is 18.2 Å². The third-order valence-electron chi connectivity index (χ3n) is 3.29. The van der Waals surface area contributed by atoms with Crippen LogP contribution in [-0.4, -0.2) is 28.6 Å². The Morgan fingerprint density at radius 1 is 1.17 bits per heavy atom. The fourth-order valence-corrected chi connectivity index (χ4v) is 3.16. The molecule has 0 radical (unpaired) electrons. The smallest absolute Gasteiger partial charge is 0.337 e. The molecule has 0 unspecified atom stereocenters. The maximum absolute atomic E-state index is 13.9. The summed E-state index contributed by atoms with van der Waals surface area (Å²) in [4.78, 5) is 10.9. The number of hydrogen-bond donors (Lipinski definition) is 1. The molecule has 0 spiro atoms. The van der Waals surface area contributed by atoms with Crippen LogP contribution in [0.5, 0.6) is 5.75 Å². The van der Waals surface area contributed by atoms with Crippen molar-refractivity contribution in [1.29, 1.82) is 0 Å². The molecule has 8 heteroatoms. The summed E-state index contributed by atoms with van der Waals surface area (Å²) in [5.74, 6) is -1.21. The van der Waals surface area contributed by atoms with Gasteiger partial charge in [-0.25, -0.2) is 22.3 Å². The van der Waals surface area contributed by atoms with E-state index in [1.54, 1.807) is 24.3 Å². The minimum Gasteiger partial charge on any atom is -0.496 e. The first-order chi connectivity index (χ1) is 11.4. The van der Waals surface area contributed by atoms with Crippen LogP contribution in [0.2, 0.25) is 0 Å². The zero-order valence-electron chi connectivity index (χ0n) is 13.1. The molecule has 0 atom stereocenters. The van der Waals surface area contributed by atoms with E-state index in [9.17, 15) is 17.6 Å². The van der Waals surface area contributed by atoms with Crippen molar-refractivity contribution in [3.05, 3.63) is 59.4 Å². The first-order valence-corrected chi connectivity index (χ1v) is 8.37. The van der Waals surface area contributed by atoms with E-state index in [-0.39, 0.29) is 12.1 Å². The summed E-state index contributed by atoms with van der Waals surface area (Å²) in [6.07, 6.45) is 0. The number of carbonyl (C=O) groups excluding carboxylic acids is 1. The van der Waals surface area contributed by atoms with Crippen LogP contribution in [0, 0.1) is 5.82 Å². The highest BCUT2D eigenvalue weighted by molar-refractivity contribution is 7.89. The lowest BCUT2D eigenvalue weighted by molar-refractivity contribution is 0.0600. The lowest BCUT2D eigenvalue weighted by atomic mass is 10.2. The molecule has 2 rings (SSSR count). The number of para-hydroxylation sites is 1. The molecule has 0 aliphatic rings. The number of methoxy groups -OCH3 is 2. The lowest BCUT2D eigenvalue weighted by Gasteiger charge is -2.11. The van der Waals surface area contributed by atoms with E-state index >= 15 is 0 Å². The molecule has 0 aromatic heterocycles. The number of rotatable bonds is 6. The molecule has 0 saturated carbocycles. The second-order valence-corrected chi connectivity index (χ2v) is 6.51. The topological polar surface area (TPSA) is 81.7 Å². The molecule has 0 amide bonds. The number of hydrogen-bond acceptors (Lipinski definition) is 5. The molecular weight excluding hydrogens is 337 g/mol. The highest BCUT2D eigenvalue weighted by Crippen LogP contribution is 2.20. The van der Waals surface area contributed by atoms with Crippen molar-refractivity contribution in [2.24, 2.45) is 0 Å². The van der Waals surface area contributed by atoms with Crippen molar-refractivity contribution < 1.29 is 27.1 Å². The number of nitrogens with one attached hydrogen (secondary N) is 1. The number of ether oxygens (including phenoxy) is 2. The van der Waals surface area contributed by atoms with Crippen LogP contribution in [0.15, 0.2) is 47.4 Å². The van der Waals surface area contributed by atoms with Gasteiger partial charge in [0.25, 0.3) is 0 Å². The van der Waals surface area contributed by atoms with Crippen LogP contribution < -0.4 is 9.46 Å². The molecule has 24 heavy (non-hydrogen) atoms. The summed E-state index contributed by atoms with van der Waals surface area (Å²) in [5, 5.41) is 0. The molecule has 6 nitrogen and oxygen atoms in total. The largest absolute Gasteiger partial charge is 0.496 e. The zero-order chi connectivity index (χ0) is 17.7. The quantitative estimate of drug-likeness (QED) is 0.805. The third-order valence-corrected chi connectivity index (χ3v) is 4.70. The molecule has 2 aromatic carbocycles. The summed E-state index contributed by atoms with van der Waals surface area (Å²) >= 11 is 0. The number of benzene rings is 2. The standard InChI is InChI=1S/C16H16FNO5S/c1-22-14-6-4-3-5-12(14)10-18-24(20,21)15-9-11(16(19)23-2)7-8-13(15)17/h3-9,18H,10H2,1-2H3. The first-order valence-electron chi connectivity index (χ1n) is 6.88. The van der Waals surface area contributed by atoms with Gasteiger partial charge in [-0.15, -0.1) is 0 Å². The molecule has 128 valence electrons. The van der Waals surface area contributed by atoms with Gasteiger partial charge in [0.05, 0.1) is 19.8 Å². The van der Waals surface area contributed by atoms with E-state index in [0.717, 1.165) is 25.3 Å². The maximum atomic E-state index is 13.9. The van der Waals surface area contributed by atoms with E-state index in [4.69, 9.17) is 4.74 Å². The number of carbonyl (C=O) groups is 1. The maximum Gasteiger partial charge on any atom is 0.337 e. The predicted molar refractivity (Wildman–Crippen MR) is 84.8 cm³/mol. The normalized spacial score (nSPS) is 11.1. The Morgan fingerprint density at radius 2 is 1.88 bits per heavy atom. The van der Waals surface area contributed by atoms with Gasteiger partial charge in [0.15, 0.2) is 0 Å². The van der Waals surface area contributed by atoms with Crippen molar-refractivity contribution in [1.82, 2.24) is 4.72 Å². The number of halogens is 1. The molecule has 0 bridgehead atoms. The van der Waals surface area contributed by atoms with Crippen molar-refractivity contribution in [3.8, 4) is 5.75 Å². The van der Waals surface area contributed by atoms with Crippen molar-refractivity contribution >= 4 is 16.0 Å². The van der Waals surface area contributed by atoms with Crippen molar-refractivity contribution in [3.63, 3.8) is 0 Å². The van der Waals surface area contributed by atoms with Crippen LogP contribution in [-0.2, 0) is 21.3 Å². The Hall–Kier alpha value is -2.45. The number of sulfonamides is 1. The Labute approximate surface area is 139 Å². The fraction of sp³-hybridized carbons (Fsp3) is 0.188. The first kappa shape index (κ1) is 17.9.